The fourth-order valence-corrected chi connectivity index (χ4v) is 4.69. The molecule has 2 aliphatic rings. The molecule has 0 unspecified atom stereocenters. The number of carboxylic acid groups (broad SMARTS) is 1. The monoisotopic (exact) mass is 508 g/mol. The second-order valence-electron chi connectivity index (χ2n) is 7.55. The third kappa shape index (κ3) is 7.86. The smallest absolute Gasteiger partial charge is 0.389 e. The second-order valence-corrected chi connectivity index (χ2v) is 9.64. The van der Waals surface area contributed by atoms with Crippen molar-refractivity contribution in [3.8, 4) is 5.75 Å². The fraction of sp³-hybridized carbons (Fsp3) is 0.500. The maximum atomic E-state index is 13.3. The Labute approximate surface area is 200 Å². The molecule has 1 heterocycles. The van der Waals surface area contributed by atoms with Gasteiger partial charge in [-0.2, -0.15) is 17.6 Å². The largest absolute Gasteiger partial charge is 0.476 e. The maximum absolute atomic E-state index is 13.3. The summed E-state index contributed by atoms with van der Waals surface area (Å²) in [5.74, 6) is -2.51. The molecule has 1 aliphatic carbocycles. The summed E-state index contributed by atoms with van der Waals surface area (Å²) < 4.78 is 54.0. The zero-order chi connectivity index (χ0) is 24.8. The Kier molecular flexibility index (Phi) is 9.99. The number of halogens is 4. The number of anilines is 1. The average Bonchev–Trinajstić information content (AvgIpc) is 2.87. The van der Waals surface area contributed by atoms with Crippen LogP contribution in [0.15, 0.2) is 45.3 Å². The van der Waals surface area contributed by atoms with Gasteiger partial charge in [-0.25, -0.2) is 9.10 Å². The van der Waals surface area contributed by atoms with E-state index in [9.17, 15) is 22.4 Å². The molecule has 0 bridgehead atoms. The summed E-state index contributed by atoms with van der Waals surface area (Å²) in [7, 11) is 2.03. The van der Waals surface area contributed by atoms with Gasteiger partial charge in [0.2, 0.25) is 5.83 Å². The summed E-state index contributed by atoms with van der Waals surface area (Å²) in [5, 5.41) is 8.65. The number of aliphatic carboxylic acids is 1. The van der Waals surface area contributed by atoms with Gasteiger partial charge in [0.25, 0.3) is 0 Å². The molecule has 33 heavy (non-hydrogen) atoms. The second kappa shape index (κ2) is 12.0. The molecule has 0 aromatic heterocycles. The van der Waals surface area contributed by atoms with E-state index in [2.05, 4.69) is 16.1 Å². The van der Waals surface area contributed by atoms with Crippen molar-refractivity contribution in [1.82, 2.24) is 4.31 Å². The number of ether oxygens (including phenoxy) is 1. The van der Waals surface area contributed by atoms with Gasteiger partial charge in [0.05, 0.1) is 15.5 Å². The Bertz CT molecular complexity index is 920. The molecule has 184 valence electrons. The highest BCUT2D eigenvalue weighted by Gasteiger charge is 2.28. The van der Waals surface area contributed by atoms with Crippen LogP contribution in [0.1, 0.15) is 39.5 Å². The topological polar surface area (TPSA) is 53.0 Å². The molecular formula is C22H28F4N2O3S2. The van der Waals surface area contributed by atoms with Crippen molar-refractivity contribution in [2.24, 2.45) is 0 Å². The van der Waals surface area contributed by atoms with Gasteiger partial charge in [0, 0.05) is 25.2 Å². The number of alkyl halides is 3. The lowest BCUT2D eigenvalue weighted by atomic mass is 9.94. The number of allylic oxidation sites excluding steroid dienone is 2. The molecule has 0 amide bonds. The minimum Gasteiger partial charge on any atom is -0.476 e. The van der Waals surface area contributed by atoms with Crippen LogP contribution in [-0.4, -0.2) is 48.0 Å². The van der Waals surface area contributed by atoms with Gasteiger partial charge >= 0.3 is 12.1 Å². The first-order valence-corrected chi connectivity index (χ1v) is 12.4. The van der Waals surface area contributed by atoms with Crippen LogP contribution in [0.25, 0.3) is 0 Å². The Morgan fingerprint density at radius 1 is 1.30 bits per heavy atom. The van der Waals surface area contributed by atoms with E-state index in [0.29, 0.717) is 12.0 Å². The van der Waals surface area contributed by atoms with Crippen molar-refractivity contribution >= 4 is 35.4 Å². The van der Waals surface area contributed by atoms with Crippen molar-refractivity contribution in [1.29, 1.82) is 0 Å². The summed E-state index contributed by atoms with van der Waals surface area (Å²) in [5.41, 5.74) is 3.91. The Hall–Kier alpha value is -1.85. The van der Waals surface area contributed by atoms with Gasteiger partial charge in [0.15, 0.2) is 0 Å². The molecule has 0 radical (unpaired) electrons. The van der Waals surface area contributed by atoms with Crippen LogP contribution in [0, 0.1) is 0 Å². The highest BCUT2D eigenvalue weighted by molar-refractivity contribution is 7.98. The van der Waals surface area contributed by atoms with E-state index in [1.807, 2.05) is 25.4 Å². The number of likely N-dealkylation sites (N-methyl/N-ethyl adjacent to an activating group) is 1. The van der Waals surface area contributed by atoms with Crippen LogP contribution in [0.4, 0.5) is 23.2 Å². The number of thioether (sulfide) groups is 1. The van der Waals surface area contributed by atoms with Gasteiger partial charge in [-0.3, -0.25) is 0 Å². The van der Waals surface area contributed by atoms with Crippen LogP contribution >= 0.6 is 23.7 Å². The molecule has 1 N–H and O–H groups in total. The third-order valence-electron chi connectivity index (χ3n) is 5.01. The third-order valence-corrected chi connectivity index (χ3v) is 6.79. The van der Waals surface area contributed by atoms with E-state index >= 15 is 0 Å². The van der Waals surface area contributed by atoms with Gasteiger partial charge in [-0.1, -0.05) is 12.5 Å². The highest BCUT2D eigenvalue weighted by Crippen LogP contribution is 2.45. The number of nitrogens with zero attached hydrogens (tertiary/aromatic N) is 2. The van der Waals surface area contributed by atoms with Crippen LogP contribution < -0.4 is 9.64 Å². The number of hydrogen-bond acceptors (Lipinski definition) is 6. The lowest BCUT2D eigenvalue weighted by Crippen LogP contribution is -2.31. The van der Waals surface area contributed by atoms with Gasteiger partial charge in [-0.15, -0.1) is 11.8 Å². The van der Waals surface area contributed by atoms with Gasteiger partial charge < -0.3 is 14.7 Å². The number of hydrogen-bond donors (Lipinski definition) is 1. The minimum atomic E-state index is -3.95. The first-order valence-electron chi connectivity index (χ1n) is 10.4. The molecule has 3 rings (SSSR count). The first-order chi connectivity index (χ1) is 15.5. The lowest BCUT2D eigenvalue weighted by Gasteiger charge is -2.34. The summed E-state index contributed by atoms with van der Waals surface area (Å²) in [6.07, 6.45) is 0.357. The zero-order valence-electron chi connectivity index (χ0n) is 19.0. The Balaban J connectivity index is 0.000000479. The van der Waals surface area contributed by atoms with Crippen molar-refractivity contribution < 1.29 is 32.2 Å². The lowest BCUT2D eigenvalue weighted by molar-refractivity contribution is -0.135. The molecule has 1 aromatic carbocycles. The molecular weight excluding hydrogens is 480 g/mol. The summed E-state index contributed by atoms with van der Waals surface area (Å²) >= 11 is 3.10. The number of rotatable bonds is 6. The summed E-state index contributed by atoms with van der Waals surface area (Å²) in [6, 6.07) is 3.91. The Morgan fingerprint density at radius 2 is 2.00 bits per heavy atom. The Morgan fingerprint density at radius 3 is 2.45 bits per heavy atom. The van der Waals surface area contributed by atoms with E-state index < -0.39 is 24.4 Å². The fourth-order valence-electron chi connectivity index (χ4n) is 3.22. The molecule has 0 spiro atoms. The van der Waals surface area contributed by atoms with E-state index in [-0.39, 0.29) is 6.42 Å². The van der Waals surface area contributed by atoms with Crippen molar-refractivity contribution in [3.63, 3.8) is 0 Å². The maximum Gasteiger partial charge on any atom is 0.389 e. The quantitative estimate of drug-likeness (QED) is 0.148. The molecule has 0 fully saturated rings. The zero-order valence-corrected chi connectivity index (χ0v) is 20.6. The predicted octanol–water partition coefficient (Wildman–Crippen LogP) is 6.86. The number of carboxylic acids is 1. The number of fused-ring (bicyclic) bond motifs is 1. The van der Waals surface area contributed by atoms with Crippen LogP contribution in [0.3, 0.4) is 0 Å². The normalized spacial score (nSPS) is 17.0. The van der Waals surface area contributed by atoms with Crippen molar-refractivity contribution in [3.05, 3.63) is 35.5 Å². The molecule has 11 heteroatoms. The molecule has 1 aliphatic heterocycles. The van der Waals surface area contributed by atoms with Crippen LogP contribution in [0.5, 0.6) is 5.75 Å². The van der Waals surface area contributed by atoms with Crippen LogP contribution in [0.2, 0.25) is 0 Å². The molecule has 5 nitrogen and oxygen atoms in total. The first kappa shape index (κ1) is 27.4. The van der Waals surface area contributed by atoms with Crippen LogP contribution in [-0.2, 0) is 4.79 Å². The van der Waals surface area contributed by atoms with E-state index in [0.717, 1.165) is 41.4 Å². The summed E-state index contributed by atoms with van der Waals surface area (Å²) in [6.45, 7) is 5.50. The number of benzene rings is 1. The number of carbonyl (C=O) groups is 1. The summed E-state index contributed by atoms with van der Waals surface area (Å²) in [4.78, 5) is 14.8. The van der Waals surface area contributed by atoms with Crippen molar-refractivity contribution in [2.45, 2.75) is 55.5 Å². The van der Waals surface area contributed by atoms with Gasteiger partial charge in [0.1, 0.15) is 12.0 Å². The standard InChI is InChI=1S/C18H21FN2O3S2.C4H7F3/c1-11-4-5-13(11)21-7-6-20(2)26-16-9-15(17(25-3)8-14(16)21)24-10-12(19)18(22)23;1-2-3-4(5,6)7/h8-10H,4-7H2,1-3H3,(H,22,23);2-3H2,1H3/b12-10-;. The van der Waals surface area contributed by atoms with E-state index in [1.165, 1.54) is 30.0 Å². The molecule has 0 saturated carbocycles. The SMILES string of the molecule is CCCC(F)(F)F.CSc1cc2c(cc1O/C=C(\F)C(=O)O)SN(C)CCN2C1=C(C)CC1. The predicted molar refractivity (Wildman–Crippen MR) is 124 cm³/mol. The molecule has 0 atom stereocenters. The van der Waals surface area contributed by atoms with Gasteiger partial charge in [-0.05, 0) is 63.6 Å². The average molecular weight is 509 g/mol. The minimum absolute atomic E-state index is 0.184. The highest BCUT2D eigenvalue weighted by atomic mass is 32.2. The van der Waals surface area contributed by atoms with E-state index in [1.54, 1.807) is 11.9 Å². The molecule has 0 saturated heterocycles. The van der Waals surface area contributed by atoms with E-state index in [4.69, 9.17) is 9.84 Å². The molecule has 1 aromatic rings. The van der Waals surface area contributed by atoms with Crippen molar-refractivity contribution in [2.75, 3.05) is 31.3 Å².